The number of carboxylic acids is 1. The van der Waals surface area contributed by atoms with E-state index >= 15 is 0 Å². The minimum atomic E-state index is -1.05. The van der Waals surface area contributed by atoms with E-state index in [0.29, 0.717) is 18.1 Å². The first-order chi connectivity index (χ1) is 12.6. The van der Waals surface area contributed by atoms with Crippen LogP contribution in [0.4, 0.5) is 0 Å². The quantitative estimate of drug-likeness (QED) is 0.732. The minimum absolute atomic E-state index is 0.158. The molecule has 2 rings (SSSR count). The fraction of sp³-hybridized carbons (Fsp3) is 0.429. The van der Waals surface area contributed by atoms with Crippen molar-refractivity contribution in [3.8, 4) is 5.75 Å². The first kappa shape index (κ1) is 20.6. The van der Waals surface area contributed by atoms with E-state index in [1.807, 2.05) is 38.1 Å². The molecule has 0 bridgehead atoms. The topological polar surface area (TPSA) is 88.8 Å². The second-order valence-electron chi connectivity index (χ2n) is 7.60. The van der Waals surface area contributed by atoms with Crippen molar-refractivity contribution in [2.45, 2.75) is 46.6 Å². The highest BCUT2D eigenvalue weighted by molar-refractivity contribution is 5.97. The molecule has 0 aliphatic heterocycles. The number of aliphatic carboxylic acids is 1. The molecule has 2 aromatic rings. The number of amides is 1. The Kier molecular flexibility index (Phi) is 6.31. The second-order valence-corrected chi connectivity index (χ2v) is 7.60. The van der Waals surface area contributed by atoms with Gasteiger partial charge in [0, 0.05) is 5.56 Å². The van der Waals surface area contributed by atoms with E-state index in [0.717, 1.165) is 11.3 Å². The number of carbonyl (C=O) groups is 2. The summed E-state index contributed by atoms with van der Waals surface area (Å²) in [7, 11) is 0. The Morgan fingerprint density at radius 1 is 1.22 bits per heavy atom. The zero-order valence-electron chi connectivity index (χ0n) is 16.5. The molecule has 0 unspecified atom stereocenters. The number of aryl methyl sites for hydroxylation is 1. The van der Waals surface area contributed by atoms with Crippen LogP contribution in [0.5, 0.6) is 5.75 Å². The van der Waals surface area contributed by atoms with Crippen LogP contribution in [0, 0.1) is 12.8 Å². The van der Waals surface area contributed by atoms with Crippen LogP contribution >= 0.6 is 0 Å². The number of carboxylic acid groups (broad SMARTS) is 1. The van der Waals surface area contributed by atoms with Gasteiger partial charge in [0.2, 0.25) is 0 Å². The molecule has 6 heteroatoms. The summed E-state index contributed by atoms with van der Waals surface area (Å²) >= 11 is 0. The fourth-order valence-electron chi connectivity index (χ4n) is 2.72. The van der Waals surface area contributed by atoms with Gasteiger partial charge in [-0.25, -0.2) is 0 Å². The van der Waals surface area contributed by atoms with Crippen LogP contribution in [-0.4, -0.2) is 23.6 Å². The Balaban J connectivity index is 2.15. The van der Waals surface area contributed by atoms with E-state index in [2.05, 4.69) is 19.2 Å². The monoisotopic (exact) mass is 373 g/mol. The molecule has 1 heterocycles. The maximum Gasteiger partial charge on any atom is 0.311 e. The molecule has 2 N–H and O–H groups in total. The highest BCUT2D eigenvalue weighted by atomic mass is 16.5. The summed E-state index contributed by atoms with van der Waals surface area (Å²) in [5.41, 5.74) is 1.14. The summed E-state index contributed by atoms with van der Waals surface area (Å²) in [6.07, 6.45) is 1.07. The summed E-state index contributed by atoms with van der Waals surface area (Å²) < 4.78 is 10.9. The molecule has 0 atom stereocenters. The van der Waals surface area contributed by atoms with E-state index in [9.17, 15) is 9.59 Å². The van der Waals surface area contributed by atoms with Crippen molar-refractivity contribution in [2.24, 2.45) is 5.92 Å². The van der Waals surface area contributed by atoms with Crippen LogP contribution in [0.2, 0.25) is 0 Å². The molecule has 1 aromatic heterocycles. The Morgan fingerprint density at radius 3 is 2.41 bits per heavy atom. The third-order valence-electron chi connectivity index (χ3n) is 4.18. The molecule has 146 valence electrons. The molecule has 0 aliphatic rings. The Labute approximate surface area is 159 Å². The summed E-state index contributed by atoms with van der Waals surface area (Å²) in [6, 6.07) is 7.59. The number of hydrogen-bond acceptors (Lipinski definition) is 4. The molecule has 0 saturated carbocycles. The van der Waals surface area contributed by atoms with Crippen molar-refractivity contribution in [1.29, 1.82) is 0 Å². The number of carbonyl (C=O) groups excluding carboxylic acids is 1. The highest BCUT2D eigenvalue weighted by Gasteiger charge is 2.27. The van der Waals surface area contributed by atoms with E-state index in [-0.39, 0.29) is 23.7 Å². The van der Waals surface area contributed by atoms with Gasteiger partial charge in [-0.05, 0) is 44.4 Å². The molecular weight excluding hydrogens is 346 g/mol. The normalized spacial score (nSPS) is 11.5. The van der Waals surface area contributed by atoms with E-state index in [1.165, 1.54) is 6.26 Å². The molecule has 0 aliphatic carbocycles. The zero-order valence-corrected chi connectivity index (χ0v) is 16.5. The van der Waals surface area contributed by atoms with E-state index in [1.54, 1.807) is 6.92 Å². The number of benzene rings is 1. The van der Waals surface area contributed by atoms with Crippen LogP contribution in [-0.2, 0) is 16.8 Å². The molecule has 0 saturated heterocycles. The van der Waals surface area contributed by atoms with Crippen LogP contribution in [0.15, 0.2) is 34.9 Å². The first-order valence-electron chi connectivity index (χ1n) is 8.94. The highest BCUT2D eigenvalue weighted by Crippen LogP contribution is 2.25. The van der Waals surface area contributed by atoms with Gasteiger partial charge in [-0.1, -0.05) is 26.0 Å². The smallest absolute Gasteiger partial charge is 0.311 e. The van der Waals surface area contributed by atoms with Crippen molar-refractivity contribution >= 4 is 11.9 Å². The van der Waals surface area contributed by atoms with Gasteiger partial charge in [-0.15, -0.1) is 0 Å². The van der Waals surface area contributed by atoms with Crippen LogP contribution in [0.3, 0.4) is 0 Å². The van der Waals surface area contributed by atoms with Gasteiger partial charge in [-0.2, -0.15) is 0 Å². The fourth-order valence-corrected chi connectivity index (χ4v) is 2.72. The number of nitrogens with one attached hydrogen (secondary N) is 1. The van der Waals surface area contributed by atoms with Crippen molar-refractivity contribution < 1.29 is 23.8 Å². The third kappa shape index (κ3) is 5.36. The molecule has 0 spiro atoms. The van der Waals surface area contributed by atoms with Gasteiger partial charge in [0.1, 0.15) is 17.9 Å². The van der Waals surface area contributed by atoms with Gasteiger partial charge in [0.15, 0.2) is 0 Å². The number of furan rings is 1. The molecular formula is C21H27NO5. The maximum atomic E-state index is 12.8. The molecule has 0 radical (unpaired) electrons. The third-order valence-corrected chi connectivity index (χ3v) is 4.18. The number of rotatable bonds is 8. The Morgan fingerprint density at radius 2 is 1.85 bits per heavy atom. The lowest BCUT2D eigenvalue weighted by atomic mass is 9.93. The van der Waals surface area contributed by atoms with Gasteiger partial charge in [-0.3, -0.25) is 9.59 Å². The zero-order chi connectivity index (χ0) is 20.2. The molecule has 1 aromatic carbocycles. The molecule has 6 nitrogen and oxygen atoms in total. The summed E-state index contributed by atoms with van der Waals surface area (Å²) in [5, 5.41) is 12.0. The molecule has 1 amide bonds. The lowest BCUT2D eigenvalue weighted by molar-refractivity contribution is -0.136. The lowest BCUT2D eigenvalue weighted by Gasteiger charge is -2.27. The van der Waals surface area contributed by atoms with Crippen molar-refractivity contribution in [2.75, 3.05) is 6.61 Å². The van der Waals surface area contributed by atoms with Crippen molar-refractivity contribution in [1.82, 2.24) is 5.32 Å². The molecule has 27 heavy (non-hydrogen) atoms. The predicted molar refractivity (Wildman–Crippen MR) is 102 cm³/mol. The Bertz CT molecular complexity index is 802. The van der Waals surface area contributed by atoms with Crippen molar-refractivity contribution in [3.05, 3.63) is 53.0 Å². The standard InChI is InChI=1S/C21H27NO5/c1-13(2)11-26-16-8-6-15(7-9-16)21(4,5)22-20(25)19-14(3)12-27-17(19)10-18(23)24/h6-9,12-13H,10-11H2,1-5H3,(H,22,25)(H,23,24). The van der Waals surface area contributed by atoms with Crippen LogP contribution in [0.25, 0.3) is 0 Å². The van der Waals surface area contributed by atoms with Gasteiger partial charge < -0.3 is 19.6 Å². The maximum absolute atomic E-state index is 12.8. The second kappa shape index (κ2) is 8.29. The van der Waals surface area contributed by atoms with E-state index < -0.39 is 11.5 Å². The Hall–Kier alpha value is -2.76. The lowest BCUT2D eigenvalue weighted by Crippen LogP contribution is -2.41. The number of ether oxygens (including phenoxy) is 1. The van der Waals surface area contributed by atoms with Gasteiger partial charge >= 0.3 is 5.97 Å². The predicted octanol–water partition coefficient (Wildman–Crippen LogP) is 3.92. The minimum Gasteiger partial charge on any atom is -0.493 e. The molecule has 0 fully saturated rings. The summed E-state index contributed by atoms with van der Waals surface area (Å²) in [4.78, 5) is 23.8. The summed E-state index contributed by atoms with van der Waals surface area (Å²) in [5.74, 6) is -0.0226. The number of hydrogen-bond donors (Lipinski definition) is 2. The van der Waals surface area contributed by atoms with Crippen LogP contribution < -0.4 is 10.1 Å². The summed E-state index contributed by atoms with van der Waals surface area (Å²) in [6.45, 7) is 10.3. The average molecular weight is 373 g/mol. The average Bonchev–Trinajstić information content (AvgIpc) is 2.92. The van der Waals surface area contributed by atoms with Crippen molar-refractivity contribution in [3.63, 3.8) is 0 Å². The van der Waals surface area contributed by atoms with E-state index in [4.69, 9.17) is 14.3 Å². The van der Waals surface area contributed by atoms with Gasteiger partial charge in [0.25, 0.3) is 5.91 Å². The van der Waals surface area contributed by atoms with Crippen LogP contribution in [0.1, 0.15) is 54.9 Å². The van der Waals surface area contributed by atoms with Gasteiger partial charge in [0.05, 0.1) is 24.0 Å². The largest absolute Gasteiger partial charge is 0.493 e. The first-order valence-corrected chi connectivity index (χ1v) is 8.94. The SMILES string of the molecule is Cc1coc(CC(=O)O)c1C(=O)NC(C)(C)c1ccc(OCC(C)C)cc1.